The summed E-state index contributed by atoms with van der Waals surface area (Å²) in [6, 6.07) is 7.56. The number of rotatable bonds is 14. The molecule has 2 aliphatic rings. The molecule has 1 atom stereocenters. The largest absolute Gasteiger partial charge is 0.475 e. The van der Waals surface area contributed by atoms with E-state index in [0.29, 0.717) is 11.7 Å². The summed E-state index contributed by atoms with van der Waals surface area (Å²) in [6.07, 6.45) is 7.66. The van der Waals surface area contributed by atoms with Crippen molar-refractivity contribution in [3.05, 3.63) is 54.4 Å². The zero-order valence-corrected chi connectivity index (χ0v) is 25.5. The Labute approximate surface area is 244 Å². The van der Waals surface area contributed by atoms with Crippen LogP contribution in [0.15, 0.2) is 58.6 Å². The van der Waals surface area contributed by atoms with Crippen LogP contribution in [0.1, 0.15) is 33.5 Å². The van der Waals surface area contributed by atoms with Crippen LogP contribution in [0, 0.1) is 0 Å². The topological polar surface area (TPSA) is 143 Å². The molecule has 1 aromatic heterocycles. The molecule has 2 heterocycles. The van der Waals surface area contributed by atoms with Gasteiger partial charge in [0.25, 0.3) is 0 Å². The monoisotopic (exact) mass is 675 g/mol. The predicted octanol–water partition coefficient (Wildman–Crippen LogP) is 5.79. The number of nitrogens with one attached hydrogen (secondary N) is 1. The Balaban J connectivity index is 0.000000267. The number of phosphoric ester groups is 2. The van der Waals surface area contributed by atoms with Gasteiger partial charge in [0, 0.05) is 22.4 Å². The Kier molecular flexibility index (Phi) is 14.4. The fourth-order valence-electron chi connectivity index (χ4n) is 3.35. The molecule has 1 aliphatic heterocycles. The predicted molar refractivity (Wildman–Crippen MR) is 145 cm³/mol. The van der Waals surface area contributed by atoms with Gasteiger partial charge >= 0.3 is 15.6 Å². The molecule has 39 heavy (non-hydrogen) atoms. The van der Waals surface area contributed by atoms with E-state index in [-0.39, 0.29) is 68.1 Å². The minimum atomic E-state index is -3.50. The second-order valence-electron chi connectivity index (χ2n) is 7.58. The summed E-state index contributed by atoms with van der Waals surface area (Å²) >= 11 is 0. The molecule has 0 amide bonds. The number of allylic oxidation sites excluding steroid dienone is 2. The molecule has 219 valence electrons. The summed E-state index contributed by atoms with van der Waals surface area (Å²) in [7, 11) is -6.99. The van der Waals surface area contributed by atoms with Gasteiger partial charge in [-0.2, -0.15) is 0 Å². The Bertz CT molecular complexity index is 1230. The second kappa shape index (κ2) is 16.7. The van der Waals surface area contributed by atoms with Crippen LogP contribution in [0.3, 0.4) is 0 Å². The van der Waals surface area contributed by atoms with Crippen molar-refractivity contribution in [3.63, 3.8) is 0 Å². The quantitative estimate of drug-likeness (QED) is 0.194. The van der Waals surface area contributed by atoms with E-state index in [4.69, 9.17) is 27.1 Å². The maximum atomic E-state index is 12.1. The molecule has 0 saturated carbocycles. The molecule has 0 spiro atoms. The summed E-state index contributed by atoms with van der Waals surface area (Å²) in [6.45, 7) is 8.02. The number of imidazole rings is 1. The number of hydrogen-bond acceptors (Lipinski definition) is 11. The van der Waals surface area contributed by atoms with Gasteiger partial charge in [-0.25, -0.2) is 19.1 Å². The molecule has 0 saturated heterocycles. The first-order valence-corrected chi connectivity index (χ1v) is 15.3. The van der Waals surface area contributed by atoms with Crippen LogP contribution in [0.25, 0.3) is 11.0 Å². The number of hydrogen-bond donors (Lipinski definition) is 1. The third-order valence-corrected chi connectivity index (χ3v) is 8.01. The molecule has 0 fully saturated rings. The summed E-state index contributed by atoms with van der Waals surface area (Å²) in [5.74, 6) is 1.08. The van der Waals surface area contributed by atoms with E-state index in [9.17, 15) is 9.13 Å². The first-order valence-electron chi connectivity index (χ1n) is 12.3. The number of para-hydroxylation sites is 2. The minimum absolute atomic E-state index is 0. The van der Waals surface area contributed by atoms with Crippen molar-refractivity contribution in [1.82, 2.24) is 9.97 Å². The number of H-pyrrole nitrogens is 1. The van der Waals surface area contributed by atoms with Crippen molar-refractivity contribution in [1.29, 1.82) is 0 Å². The van der Waals surface area contributed by atoms with Gasteiger partial charge in [0.1, 0.15) is 25.1 Å². The van der Waals surface area contributed by atoms with Gasteiger partial charge in [-0.3, -0.25) is 32.1 Å². The van der Waals surface area contributed by atoms with Crippen molar-refractivity contribution >= 4 is 38.2 Å². The van der Waals surface area contributed by atoms with Crippen LogP contribution >= 0.6 is 15.6 Å². The molecule has 0 bridgehead atoms. The molecule has 2 aromatic rings. The van der Waals surface area contributed by atoms with Crippen LogP contribution in [0.2, 0.25) is 0 Å². The first-order chi connectivity index (χ1) is 18.3. The minimum Gasteiger partial charge on any atom is -0.340 e. The number of aliphatic imine (C=N–C) groups is 2. The van der Waals surface area contributed by atoms with Crippen molar-refractivity contribution < 1.29 is 58.7 Å². The van der Waals surface area contributed by atoms with Gasteiger partial charge in [-0.1, -0.05) is 30.4 Å². The number of aromatic nitrogens is 2. The fraction of sp³-hybridized carbons (Fsp3) is 0.458. The standard InChI is InChI=1S/2C12H17N2O4P.Ag/c2*1-3-16-19(15,17-4-2)18-9-12-13-10-7-5-6-8-11(10)14-12;/h5-8H,3-4,9H2,1-2H3,(H,13,14);5-8,10H,3-4,9H2,1-2H3;. The van der Waals surface area contributed by atoms with E-state index in [1.54, 1.807) is 27.7 Å². The van der Waals surface area contributed by atoms with E-state index in [1.165, 1.54) is 0 Å². The van der Waals surface area contributed by atoms with Crippen molar-refractivity contribution in [2.24, 2.45) is 9.98 Å². The molecule has 12 nitrogen and oxygen atoms in total. The van der Waals surface area contributed by atoms with Crippen molar-refractivity contribution in [2.45, 2.75) is 40.3 Å². The summed E-state index contributed by atoms with van der Waals surface area (Å²) in [4.78, 5) is 16.1. The van der Waals surface area contributed by atoms with Crippen molar-refractivity contribution in [2.75, 3.05) is 33.0 Å². The normalized spacial score (nSPS) is 16.3. The number of nitrogens with zero attached hydrogens (tertiary/aromatic N) is 3. The first kappa shape index (κ1) is 33.7. The number of aromatic amines is 1. The number of amidine groups is 1. The average molecular weight is 676 g/mol. The van der Waals surface area contributed by atoms with E-state index in [2.05, 4.69) is 20.0 Å². The van der Waals surface area contributed by atoms with E-state index < -0.39 is 15.6 Å². The Hall–Kier alpha value is -1.53. The molecule has 1 aliphatic carbocycles. The third-order valence-electron chi connectivity index (χ3n) is 4.82. The molecule has 15 heteroatoms. The molecule has 1 aromatic carbocycles. The zero-order chi connectivity index (χ0) is 27.4. The number of fused-ring (bicyclic) bond motifs is 2. The van der Waals surface area contributed by atoms with Gasteiger partial charge in [0.2, 0.25) is 0 Å². The van der Waals surface area contributed by atoms with Crippen molar-refractivity contribution in [3.8, 4) is 0 Å². The van der Waals surface area contributed by atoms with Gasteiger partial charge in [0.15, 0.2) is 5.84 Å². The molecule has 4 rings (SSSR count). The van der Waals surface area contributed by atoms with Gasteiger partial charge in [-0.15, -0.1) is 0 Å². The van der Waals surface area contributed by atoms with Crippen LogP contribution in [-0.4, -0.2) is 60.6 Å². The van der Waals surface area contributed by atoms with Gasteiger partial charge in [0.05, 0.1) is 43.2 Å². The molecule has 1 N–H and O–H groups in total. The Morgan fingerprint density at radius 1 is 0.821 bits per heavy atom. The fourth-order valence-corrected chi connectivity index (χ4v) is 5.61. The molecule has 1 radical (unpaired) electrons. The van der Waals surface area contributed by atoms with Crippen LogP contribution in [0.4, 0.5) is 0 Å². The van der Waals surface area contributed by atoms with E-state index in [0.717, 1.165) is 16.7 Å². The Morgan fingerprint density at radius 2 is 1.41 bits per heavy atom. The molecular weight excluding hydrogens is 642 g/mol. The second-order valence-corrected chi connectivity index (χ2v) is 10.9. The van der Waals surface area contributed by atoms with Gasteiger partial charge < -0.3 is 4.98 Å². The summed E-state index contributed by atoms with van der Waals surface area (Å²) in [5.41, 5.74) is 2.61. The maximum absolute atomic E-state index is 12.1. The smallest absolute Gasteiger partial charge is 0.340 e. The summed E-state index contributed by atoms with van der Waals surface area (Å²) < 4.78 is 54.8. The van der Waals surface area contributed by atoms with Crippen LogP contribution in [-0.2, 0) is 65.3 Å². The maximum Gasteiger partial charge on any atom is 0.475 e. The van der Waals surface area contributed by atoms with Crippen LogP contribution in [0.5, 0.6) is 0 Å². The van der Waals surface area contributed by atoms with E-state index >= 15 is 0 Å². The van der Waals surface area contributed by atoms with Gasteiger partial charge in [-0.05, 0) is 45.9 Å². The average Bonchev–Trinajstić information content (AvgIpc) is 3.51. The summed E-state index contributed by atoms with van der Waals surface area (Å²) in [5, 5.41) is 0. The number of benzene rings is 1. The Morgan fingerprint density at radius 3 is 1.97 bits per heavy atom. The molecule has 1 unspecified atom stereocenters. The SMILES string of the molecule is CCOP(=O)(OCC)OCC1=NC2C=CC=CC2=N1.CCOP(=O)(OCC)OCc1nc2ccccc2[nH]1.[Ag]. The number of phosphoric acid groups is 2. The van der Waals surface area contributed by atoms with Crippen LogP contribution < -0.4 is 0 Å². The zero-order valence-electron chi connectivity index (χ0n) is 22.2. The molecular formula is C24H34AgN4O8P2. The van der Waals surface area contributed by atoms with E-state index in [1.807, 2.05) is 48.6 Å². The third kappa shape index (κ3) is 10.4.